The highest BCUT2D eigenvalue weighted by Gasteiger charge is 2.31. The summed E-state index contributed by atoms with van der Waals surface area (Å²) in [7, 11) is 0. The highest BCUT2D eigenvalue weighted by atomic mass is 19.4. The van der Waals surface area contributed by atoms with Crippen molar-refractivity contribution >= 4 is 17.3 Å². The van der Waals surface area contributed by atoms with Gasteiger partial charge in [0.2, 0.25) is 0 Å². The molecule has 4 nitrogen and oxygen atoms in total. The number of likely N-dealkylation sites (tertiary alicyclic amines) is 1. The van der Waals surface area contributed by atoms with Crippen LogP contribution in [0.4, 0.5) is 24.5 Å². The lowest BCUT2D eigenvalue weighted by Crippen LogP contribution is -2.40. The van der Waals surface area contributed by atoms with E-state index in [1.807, 2.05) is 13.0 Å². The monoisotopic (exact) mass is 431 g/mol. The largest absolute Gasteiger partial charge is 0.416 e. The van der Waals surface area contributed by atoms with Gasteiger partial charge in [0, 0.05) is 36.1 Å². The van der Waals surface area contributed by atoms with Crippen molar-refractivity contribution in [1.82, 2.24) is 4.90 Å². The molecule has 2 aliphatic heterocycles. The van der Waals surface area contributed by atoms with Gasteiger partial charge in [0.05, 0.1) is 5.56 Å². The number of aryl methyl sites for hydroxylation is 1. The van der Waals surface area contributed by atoms with Gasteiger partial charge in [-0.15, -0.1) is 0 Å². The predicted octanol–water partition coefficient (Wildman–Crippen LogP) is 5.33. The van der Waals surface area contributed by atoms with Crippen LogP contribution in [0.3, 0.4) is 0 Å². The Bertz CT molecular complexity index is 938. The molecule has 1 atom stereocenters. The van der Waals surface area contributed by atoms with Gasteiger partial charge in [0.25, 0.3) is 5.91 Å². The lowest BCUT2D eigenvalue weighted by Gasteiger charge is -2.32. The maximum Gasteiger partial charge on any atom is 0.416 e. The van der Waals surface area contributed by atoms with E-state index in [2.05, 4.69) is 21.2 Å². The molecule has 0 bridgehead atoms. The summed E-state index contributed by atoms with van der Waals surface area (Å²) in [5.41, 5.74) is 1.75. The van der Waals surface area contributed by atoms with Gasteiger partial charge >= 0.3 is 6.18 Å². The SMILES string of the molecule is Cc1cc(C(=O)Nc2cccc(C(F)(F)F)c2)cc(N2CCC(N3CCCCC3)C2)c1. The summed E-state index contributed by atoms with van der Waals surface area (Å²) in [6.45, 7) is 6.15. The van der Waals surface area contributed by atoms with E-state index in [9.17, 15) is 18.0 Å². The smallest absolute Gasteiger partial charge is 0.370 e. The number of hydrogen-bond donors (Lipinski definition) is 1. The van der Waals surface area contributed by atoms with Crippen molar-refractivity contribution in [3.63, 3.8) is 0 Å². The zero-order chi connectivity index (χ0) is 22.0. The van der Waals surface area contributed by atoms with Crippen LogP contribution < -0.4 is 10.2 Å². The van der Waals surface area contributed by atoms with Crippen LogP contribution in [0.15, 0.2) is 42.5 Å². The zero-order valence-corrected chi connectivity index (χ0v) is 17.7. The Morgan fingerprint density at radius 1 is 1.03 bits per heavy atom. The Morgan fingerprint density at radius 2 is 1.81 bits per heavy atom. The minimum Gasteiger partial charge on any atom is -0.370 e. The standard InChI is InChI=1S/C24H28F3N3O/c1-17-12-18(23(31)28-20-7-5-6-19(15-20)24(25,26)27)14-22(13-17)30-11-8-21(16-30)29-9-3-2-4-10-29/h5-7,12-15,21H,2-4,8-11,16H2,1H3,(H,28,31). The second-order valence-electron chi connectivity index (χ2n) is 8.58. The maximum atomic E-state index is 13.0. The Kier molecular flexibility index (Phi) is 6.23. The fourth-order valence-corrected chi connectivity index (χ4v) is 4.61. The summed E-state index contributed by atoms with van der Waals surface area (Å²) in [5.74, 6) is -0.406. The third-order valence-electron chi connectivity index (χ3n) is 6.21. The molecule has 0 spiro atoms. The zero-order valence-electron chi connectivity index (χ0n) is 17.7. The Balaban J connectivity index is 1.47. The van der Waals surface area contributed by atoms with Crippen molar-refractivity contribution in [1.29, 1.82) is 0 Å². The molecule has 0 radical (unpaired) electrons. The van der Waals surface area contributed by atoms with Gasteiger partial charge in [0.15, 0.2) is 0 Å². The quantitative estimate of drug-likeness (QED) is 0.711. The fourth-order valence-electron chi connectivity index (χ4n) is 4.61. The first-order valence-corrected chi connectivity index (χ1v) is 10.9. The van der Waals surface area contributed by atoms with Crippen LogP contribution in [0.5, 0.6) is 0 Å². The average Bonchev–Trinajstić information content (AvgIpc) is 3.24. The molecule has 2 saturated heterocycles. The van der Waals surface area contributed by atoms with Gasteiger partial charge in [-0.1, -0.05) is 12.5 Å². The molecule has 0 saturated carbocycles. The lowest BCUT2D eigenvalue weighted by molar-refractivity contribution is -0.137. The molecule has 1 amide bonds. The number of hydrogen-bond acceptors (Lipinski definition) is 3. The Morgan fingerprint density at radius 3 is 2.55 bits per heavy atom. The highest BCUT2D eigenvalue weighted by Crippen LogP contribution is 2.31. The number of nitrogens with zero attached hydrogens (tertiary/aromatic N) is 2. The number of nitrogens with one attached hydrogen (secondary N) is 1. The van der Waals surface area contributed by atoms with E-state index in [0.29, 0.717) is 11.6 Å². The van der Waals surface area contributed by atoms with E-state index >= 15 is 0 Å². The van der Waals surface area contributed by atoms with Crippen LogP contribution in [0.2, 0.25) is 0 Å². The third-order valence-corrected chi connectivity index (χ3v) is 6.21. The van der Waals surface area contributed by atoms with Crippen LogP contribution in [0.1, 0.15) is 47.2 Å². The Labute approximate surface area is 181 Å². The molecule has 7 heteroatoms. The first-order chi connectivity index (χ1) is 14.8. The number of carbonyl (C=O) groups is 1. The van der Waals surface area contributed by atoms with Crippen molar-refractivity contribution < 1.29 is 18.0 Å². The topological polar surface area (TPSA) is 35.6 Å². The van der Waals surface area contributed by atoms with E-state index in [1.54, 1.807) is 6.07 Å². The fraction of sp³-hybridized carbons (Fsp3) is 0.458. The first-order valence-electron chi connectivity index (χ1n) is 10.9. The molecule has 2 aromatic rings. The molecule has 2 heterocycles. The minimum absolute atomic E-state index is 0.134. The molecule has 2 fully saturated rings. The predicted molar refractivity (Wildman–Crippen MR) is 117 cm³/mol. The minimum atomic E-state index is -4.45. The second kappa shape index (κ2) is 8.91. The van der Waals surface area contributed by atoms with Crippen LogP contribution in [-0.2, 0) is 6.18 Å². The number of piperidine rings is 1. The average molecular weight is 432 g/mol. The van der Waals surface area contributed by atoms with Crippen LogP contribution >= 0.6 is 0 Å². The molecule has 4 rings (SSSR count). The first kappa shape index (κ1) is 21.7. The summed E-state index contributed by atoms with van der Waals surface area (Å²) in [6, 6.07) is 10.9. The lowest BCUT2D eigenvalue weighted by atomic mass is 10.1. The molecule has 1 unspecified atom stereocenters. The molecule has 0 aliphatic carbocycles. The third kappa shape index (κ3) is 5.21. The van der Waals surface area contributed by atoms with Crippen LogP contribution in [0, 0.1) is 6.92 Å². The second-order valence-corrected chi connectivity index (χ2v) is 8.58. The van der Waals surface area contributed by atoms with Gasteiger partial charge in [-0.2, -0.15) is 13.2 Å². The number of halogens is 3. The van der Waals surface area contributed by atoms with Gasteiger partial charge in [-0.25, -0.2) is 0 Å². The molecule has 2 aliphatic rings. The number of benzene rings is 2. The summed E-state index contributed by atoms with van der Waals surface area (Å²) < 4.78 is 38.9. The van der Waals surface area contributed by atoms with Crippen LogP contribution in [-0.4, -0.2) is 43.0 Å². The molecular weight excluding hydrogens is 403 g/mol. The van der Waals surface area contributed by atoms with Gasteiger partial charge in [0.1, 0.15) is 0 Å². The van der Waals surface area contributed by atoms with E-state index < -0.39 is 17.6 Å². The molecular formula is C24H28F3N3O. The summed E-state index contributed by atoms with van der Waals surface area (Å²) >= 11 is 0. The summed E-state index contributed by atoms with van der Waals surface area (Å²) in [5, 5.41) is 2.61. The van der Waals surface area contributed by atoms with Crippen LogP contribution in [0.25, 0.3) is 0 Å². The number of alkyl halides is 3. The van der Waals surface area contributed by atoms with E-state index in [0.717, 1.165) is 56.0 Å². The van der Waals surface area contributed by atoms with Gasteiger partial charge in [-0.05, 0) is 81.2 Å². The van der Waals surface area contributed by atoms with Crippen molar-refractivity contribution in [2.75, 3.05) is 36.4 Å². The number of rotatable bonds is 4. The summed E-state index contributed by atoms with van der Waals surface area (Å²) in [4.78, 5) is 17.7. The van der Waals surface area contributed by atoms with E-state index in [-0.39, 0.29) is 5.69 Å². The van der Waals surface area contributed by atoms with Gasteiger partial charge < -0.3 is 10.2 Å². The van der Waals surface area contributed by atoms with Crippen molar-refractivity contribution in [2.24, 2.45) is 0 Å². The van der Waals surface area contributed by atoms with Crippen molar-refractivity contribution in [2.45, 2.75) is 44.8 Å². The normalized spacial score (nSPS) is 20.1. The number of carbonyl (C=O) groups excluding carboxylic acids is 1. The van der Waals surface area contributed by atoms with Crippen molar-refractivity contribution in [3.8, 4) is 0 Å². The van der Waals surface area contributed by atoms with E-state index in [4.69, 9.17) is 0 Å². The maximum absolute atomic E-state index is 13.0. The molecule has 1 N–H and O–H groups in total. The molecule has 166 valence electrons. The van der Waals surface area contributed by atoms with Crippen molar-refractivity contribution in [3.05, 3.63) is 59.2 Å². The molecule has 0 aromatic heterocycles. The number of anilines is 2. The summed E-state index contributed by atoms with van der Waals surface area (Å²) in [6.07, 6.45) is 0.508. The van der Waals surface area contributed by atoms with Gasteiger partial charge in [-0.3, -0.25) is 9.69 Å². The highest BCUT2D eigenvalue weighted by molar-refractivity contribution is 6.05. The van der Waals surface area contributed by atoms with E-state index in [1.165, 1.54) is 31.4 Å². The molecule has 31 heavy (non-hydrogen) atoms. The molecule has 2 aromatic carbocycles. The number of amides is 1. The Hall–Kier alpha value is -2.54.